The Bertz CT molecular complexity index is 706. The number of carbonyl (C=O) groups is 1. The molecule has 2 aromatic rings. The van der Waals surface area contributed by atoms with Gasteiger partial charge in [0, 0.05) is 12.3 Å². The zero-order chi connectivity index (χ0) is 18.4. The highest BCUT2D eigenvalue weighted by Gasteiger charge is 2.17. The van der Waals surface area contributed by atoms with E-state index in [9.17, 15) is 4.79 Å². The number of amides is 1. The van der Waals surface area contributed by atoms with Crippen LogP contribution in [-0.2, 0) is 9.53 Å². The van der Waals surface area contributed by atoms with Crippen LogP contribution < -0.4 is 14.8 Å². The van der Waals surface area contributed by atoms with Gasteiger partial charge in [-0.3, -0.25) is 4.79 Å². The van der Waals surface area contributed by atoms with E-state index in [1.165, 1.54) is 0 Å². The zero-order valence-corrected chi connectivity index (χ0v) is 15.2. The lowest BCUT2D eigenvalue weighted by Gasteiger charge is -2.15. The fourth-order valence-corrected chi connectivity index (χ4v) is 2.72. The Kier molecular flexibility index (Phi) is 6.12. The molecule has 0 radical (unpaired) electrons. The smallest absolute Gasteiger partial charge is 0.265 e. The Morgan fingerprint density at radius 2 is 1.85 bits per heavy atom. The van der Waals surface area contributed by atoms with Gasteiger partial charge in [0.1, 0.15) is 18.1 Å². The van der Waals surface area contributed by atoms with Gasteiger partial charge in [-0.15, -0.1) is 0 Å². The predicted octanol–water partition coefficient (Wildman–Crippen LogP) is 3.96. The SMILES string of the molecule is Cc1ccc(OC(C)C(=O)Nc2ccc(OCC3CCCO3)cc2)cc1. The van der Waals surface area contributed by atoms with Crippen molar-refractivity contribution in [3.8, 4) is 11.5 Å². The Morgan fingerprint density at radius 1 is 1.15 bits per heavy atom. The summed E-state index contributed by atoms with van der Waals surface area (Å²) in [5.74, 6) is 1.25. The number of nitrogens with one attached hydrogen (secondary N) is 1. The van der Waals surface area contributed by atoms with Crippen molar-refractivity contribution in [1.82, 2.24) is 0 Å². The molecule has 3 rings (SSSR count). The van der Waals surface area contributed by atoms with Gasteiger partial charge in [-0.25, -0.2) is 0 Å². The number of aryl methyl sites for hydroxylation is 1. The molecule has 138 valence electrons. The van der Waals surface area contributed by atoms with E-state index >= 15 is 0 Å². The van der Waals surface area contributed by atoms with Crippen molar-refractivity contribution >= 4 is 11.6 Å². The molecule has 1 heterocycles. The molecule has 0 aliphatic carbocycles. The monoisotopic (exact) mass is 355 g/mol. The number of benzene rings is 2. The van der Waals surface area contributed by atoms with Crippen molar-refractivity contribution in [3.05, 3.63) is 54.1 Å². The molecule has 1 fully saturated rings. The van der Waals surface area contributed by atoms with Crippen molar-refractivity contribution in [2.75, 3.05) is 18.5 Å². The minimum Gasteiger partial charge on any atom is -0.491 e. The first-order chi connectivity index (χ1) is 12.6. The molecule has 0 saturated carbocycles. The molecule has 0 aromatic heterocycles. The molecule has 2 aromatic carbocycles. The Labute approximate surface area is 154 Å². The maximum absolute atomic E-state index is 12.3. The van der Waals surface area contributed by atoms with Crippen molar-refractivity contribution in [2.24, 2.45) is 0 Å². The van der Waals surface area contributed by atoms with Gasteiger partial charge in [0.15, 0.2) is 6.10 Å². The number of hydrogen-bond acceptors (Lipinski definition) is 4. The van der Waals surface area contributed by atoms with Crippen molar-refractivity contribution in [3.63, 3.8) is 0 Å². The highest BCUT2D eigenvalue weighted by molar-refractivity contribution is 5.94. The number of anilines is 1. The minimum absolute atomic E-state index is 0.189. The third-order valence-corrected chi connectivity index (χ3v) is 4.28. The van der Waals surface area contributed by atoms with Crippen molar-refractivity contribution in [2.45, 2.75) is 38.9 Å². The highest BCUT2D eigenvalue weighted by Crippen LogP contribution is 2.19. The van der Waals surface area contributed by atoms with Gasteiger partial charge in [0.05, 0.1) is 6.10 Å². The largest absolute Gasteiger partial charge is 0.491 e. The van der Waals surface area contributed by atoms with Crippen LogP contribution in [0.4, 0.5) is 5.69 Å². The molecule has 0 bridgehead atoms. The fraction of sp³-hybridized carbons (Fsp3) is 0.381. The summed E-state index contributed by atoms with van der Waals surface area (Å²) in [7, 11) is 0. The fourth-order valence-electron chi connectivity index (χ4n) is 2.72. The van der Waals surface area contributed by atoms with Gasteiger partial charge in [-0.05, 0) is 63.1 Å². The molecular formula is C21H25NO4. The van der Waals surface area contributed by atoms with E-state index in [0.29, 0.717) is 18.0 Å². The first-order valence-electron chi connectivity index (χ1n) is 8.99. The van der Waals surface area contributed by atoms with Gasteiger partial charge in [-0.1, -0.05) is 17.7 Å². The van der Waals surface area contributed by atoms with Crippen LogP contribution in [-0.4, -0.2) is 31.3 Å². The van der Waals surface area contributed by atoms with Gasteiger partial charge in [0.2, 0.25) is 0 Å². The van der Waals surface area contributed by atoms with E-state index in [1.54, 1.807) is 6.92 Å². The number of hydrogen-bond donors (Lipinski definition) is 1. The summed E-state index contributed by atoms with van der Waals surface area (Å²) in [5, 5.41) is 2.85. The molecule has 1 N–H and O–H groups in total. The molecule has 1 aliphatic heterocycles. The highest BCUT2D eigenvalue weighted by atomic mass is 16.5. The van der Waals surface area contributed by atoms with E-state index in [1.807, 2.05) is 55.5 Å². The number of carbonyl (C=O) groups excluding carboxylic acids is 1. The van der Waals surface area contributed by atoms with Gasteiger partial charge >= 0.3 is 0 Å². The second-order valence-corrected chi connectivity index (χ2v) is 6.53. The Balaban J connectivity index is 1.47. The van der Waals surface area contributed by atoms with Crippen LogP contribution in [0, 0.1) is 6.92 Å². The minimum atomic E-state index is -0.590. The second-order valence-electron chi connectivity index (χ2n) is 6.53. The molecule has 5 heteroatoms. The summed E-state index contributed by atoms with van der Waals surface area (Å²) in [6.45, 7) is 5.12. The molecule has 5 nitrogen and oxygen atoms in total. The third-order valence-electron chi connectivity index (χ3n) is 4.28. The van der Waals surface area contributed by atoms with Crippen LogP contribution in [0.25, 0.3) is 0 Å². The molecule has 1 amide bonds. The Hall–Kier alpha value is -2.53. The first kappa shape index (κ1) is 18.3. The summed E-state index contributed by atoms with van der Waals surface area (Å²) in [6, 6.07) is 15.0. The summed E-state index contributed by atoms with van der Waals surface area (Å²) < 4.78 is 16.9. The van der Waals surface area contributed by atoms with E-state index in [0.717, 1.165) is 30.8 Å². The number of rotatable bonds is 7. The molecule has 0 spiro atoms. The molecule has 2 atom stereocenters. The van der Waals surface area contributed by atoms with E-state index in [4.69, 9.17) is 14.2 Å². The summed E-state index contributed by atoms with van der Waals surface area (Å²) >= 11 is 0. The van der Waals surface area contributed by atoms with Crippen LogP contribution in [0.5, 0.6) is 11.5 Å². The molecular weight excluding hydrogens is 330 g/mol. The van der Waals surface area contributed by atoms with Crippen LogP contribution in [0.1, 0.15) is 25.3 Å². The predicted molar refractivity (Wildman–Crippen MR) is 101 cm³/mol. The van der Waals surface area contributed by atoms with Crippen molar-refractivity contribution in [1.29, 1.82) is 0 Å². The van der Waals surface area contributed by atoms with Crippen LogP contribution in [0.15, 0.2) is 48.5 Å². The molecule has 2 unspecified atom stereocenters. The molecule has 1 saturated heterocycles. The van der Waals surface area contributed by atoms with Crippen molar-refractivity contribution < 1.29 is 19.0 Å². The second kappa shape index (κ2) is 8.72. The summed E-state index contributed by atoms with van der Waals surface area (Å²) in [5.41, 5.74) is 1.86. The third kappa shape index (κ3) is 5.23. The normalized spacial score (nSPS) is 17.5. The van der Waals surface area contributed by atoms with E-state index < -0.39 is 6.10 Å². The van der Waals surface area contributed by atoms with Crippen LogP contribution >= 0.6 is 0 Å². The zero-order valence-electron chi connectivity index (χ0n) is 15.2. The average molecular weight is 355 g/mol. The topological polar surface area (TPSA) is 56.8 Å². The average Bonchev–Trinajstić information content (AvgIpc) is 3.16. The van der Waals surface area contributed by atoms with Gasteiger partial charge < -0.3 is 19.5 Å². The first-order valence-corrected chi connectivity index (χ1v) is 8.99. The number of ether oxygens (including phenoxy) is 3. The van der Waals surface area contributed by atoms with Gasteiger partial charge in [-0.2, -0.15) is 0 Å². The standard InChI is InChI=1S/C21H25NO4/c1-15-5-9-19(10-6-15)26-16(2)21(23)22-17-7-11-18(12-8-17)25-14-20-4-3-13-24-20/h5-12,16,20H,3-4,13-14H2,1-2H3,(H,22,23). The summed E-state index contributed by atoms with van der Waals surface area (Å²) in [4.78, 5) is 12.3. The maximum Gasteiger partial charge on any atom is 0.265 e. The molecule has 26 heavy (non-hydrogen) atoms. The van der Waals surface area contributed by atoms with E-state index in [-0.39, 0.29) is 12.0 Å². The van der Waals surface area contributed by atoms with Crippen LogP contribution in [0.2, 0.25) is 0 Å². The van der Waals surface area contributed by atoms with Gasteiger partial charge in [0.25, 0.3) is 5.91 Å². The van der Waals surface area contributed by atoms with Crippen LogP contribution in [0.3, 0.4) is 0 Å². The lowest BCUT2D eigenvalue weighted by atomic mass is 10.2. The van der Waals surface area contributed by atoms with E-state index in [2.05, 4.69) is 5.32 Å². The maximum atomic E-state index is 12.3. The Morgan fingerprint density at radius 3 is 2.50 bits per heavy atom. The molecule has 1 aliphatic rings. The lowest BCUT2D eigenvalue weighted by molar-refractivity contribution is -0.122. The summed E-state index contributed by atoms with van der Waals surface area (Å²) in [6.07, 6.45) is 1.75. The quantitative estimate of drug-likeness (QED) is 0.817. The lowest BCUT2D eigenvalue weighted by Crippen LogP contribution is -2.30.